The van der Waals surface area contributed by atoms with Crippen LogP contribution in [0, 0.1) is 0 Å². The molecule has 19 heavy (non-hydrogen) atoms. The Morgan fingerprint density at radius 2 is 1.79 bits per heavy atom. The number of piperidine rings is 1. The molecule has 1 fully saturated rings. The van der Waals surface area contributed by atoms with E-state index >= 15 is 0 Å². The number of aliphatic hydroxyl groups is 2. The van der Waals surface area contributed by atoms with E-state index in [9.17, 15) is 10.2 Å². The predicted octanol–water partition coefficient (Wildman–Crippen LogP) is 0.897. The molecule has 0 amide bonds. The van der Waals surface area contributed by atoms with Gasteiger partial charge >= 0.3 is 0 Å². The smallest absolute Gasteiger partial charge is 0.105 e. The Labute approximate surface area is 114 Å². The van der Waals surface area contributed by atoms with Crippen LogP contribution in [0.2, 0.25) is 0 Å². The first-order valence-electron chi connectivity index (χ1n) is 7.09. The van der Waals surface area contributed by atoms with Gasteiger partial charge in [-0.3, -0.25) is 0 Å². The van der Waals surface area contributed by atoms with Crippen LogP contribution in [-0.4, -0.2) is 36.0 Å². The predicted molar refractivity (Wildman–Crippen MR) is 75.9 cm³/mol. The summed E-state index contributed by atoms with van der Waals surface area (Å²) in [5.41, 5.74) is 7.48. The molecule has 0 radical (unpaired) electrons. The maximum Gasteiger partial charge on any atom is 0.105 e. The molecule has 0 aliphatic carbocycles. The molecular formula is C15H24N2O2. The summed E-state index contributed by atoms with van der Waals surface area (Å²) in [6.07, 6.45) is 1.12. The first-order chi connectivity index (χ1) is 9.22. The Morgan fingerprint density at radius 3 is 2.37 bits per heavy atom. The minimum atomic E-state index is -0.842. The molecule has 1 aliphatic rings. The van der Waals surface area contributed by atoms with Crippen LogP contribution in [0.4, 0.5) is 0 Å². The van der Waals surface area contributed by atoms with E-state index in [2.05, 4.69) is 17.4 Å². The average molecular weight is 264 g/mol. The second kappa shape index (κ2) is 7.01. The zero-order valence-corrected chi connectivity index (χ0v) is 11.3. The van der Waals surface area contributed by atoms with Crippen LogP contribution < -0.4 is 11.1 Å². The van der Waals surface area contributed by atoms with Crippen molar-refractivity contribution in [3.63, 3.8) is 0 Å². The van der Waals surface area contributed by atoms with Crippen molar-refractivity contribution in [2.75, 3.05) is 19.6 Å². The maximum absolute atomic E-state index is 10.0. The molecule has 1 aromatic carbocycles. The first kappa shape index (κ1) is 14.5. The third kappa shape index (κ3) is 3.76. The van der Waals surface area contributed by atoms with Gasteiger partial charge in [0.1, 0.15) is 6.10 Å². The van der Waals surface area contributed by atoms with Crippen molar-refractivity contribution in [1.82, 2.24) is 5.32 Å². The van der Waals surface area contributed by atoms with Gasteiger partial charge in [-0.2, -0.15) is 0 Å². The molecule has 0 bridgehead atoms. The second-order valence-electron chi connectivity index (χ2n) is 5.28. The lowest BCUT2D eigenvalue weighted by atomic mass is 9.89. The Hall–Kier alpha value is -0.940. The highest BCUT2D eigenvalue weighted by Gasteiger charge is 2.19. The lowest BCUT2D eigenvalue weighted by Gasteiger charge is -2.24. The van der Waals surface area contributed by atoms with Gasteiger partial charge in [0.2, 0.25) is 0 Å². The molecule has 2 rings (SSSR count). The van der Waals surface area contributed by atoms with Crippen LogP contribution in [0.3, 0.4) is 0 Å². The fourth-order valence-corrected chi connectivity index (χ4v) is 2.67. The summed E-state index contributed by atoms with van der Waals surface area (Å²) >= 11 is 0. The van der Waals surface area contributed by atoms with E-state index < -0.39 is 12.2 Å². The van der Waals surface area contributed by atoms with E-state index in [-0.39, 0.29) is 0 Å². The molecular weight excluding hydrogens is 240 g/mol. The van der Waals surface area contributed by atoms with Crippen molar-refractivity contribution >= 4 is 0 Å². The van der Waals surface area contributed by atoms with E-state index in [4.69, 9.17) is 5.73 Å². The van der Waals surface area contributed by atoms with Crippen molar-refractivity contribution in [1.29, 1.82) is 0 Å². The minimum absolute atomic E-state index is 0.380. The van der Waals surface area contributed by atoms with Gasteiger partial charge in [-0.1, -0.05) is 24.3 Å². The second-order valence-corrected chi connectivity index (χ2v) is 5.28. The van der Waals surface area contributed by atoms with Crippen molar-refractivity contribution in [3.05, 3.63) is 35.4 Å². The molecule has 1 heterocycles. The summed E-state index contributed by atoms with van der Waals surface area (Å²) in [4.78, 5) is 0. The molecule has 1 aliphatic heterocycles. The van der Waals surface area contributed by atoms with Crippen LogP contribution in [0.1, 0.15) is 42.4 Å². The van der Waals surface area contributed by atoms with Crippen molar-refractivity contribution in [3.8, 4) is 0 Å². The van der Waals surface area contributed by atoms with Crippen LogP contribution in [0.25, 0.3) is 0 Å². The van der Waals surface area contributed by atoms with E-state index in [0.29, 0.717) is 18.9 Å². The lowest BCUT2D eigenvalue weighted by molar-refractivity contribution is 0.0150. The molecule has 4 nitrogen and oxygen atoms in total. The zero-order chi connectivity index (χ0) is 13.7. The van der Waals surface area contributed by atoms with E-state index in [1.54, 1.807) is 0 Å². The minimum Gasteiger partial charge on any atom is -0.390 e. The molecule has 1 saturated heterocycles. The van der Waals surface area contributed by atoms with Gasteiger partial charge < -0.3 is 21.3 Å². The molecule has 0 saturated carbocycles. The Balaban J connectivity index is 2.01. The van der Waals surface area contributed by atoms with Crippen molar-refractivity contribution in [2.45, 2.75) is 37.4 Å². The van der Waals surface area contributed by atoms with Gasteiger partial charge in [0.25, 0.3) is 0 Å². The lowest BCUT2D eigenvalue weighted by Crippen LogP contribution is -2.26. The maximum atomic E-state index is 10.0. The number of benzene rings is 1. The number of hydrogen-bond acceptors (Lipinski definition) is 4. The number of hydrogen-bond donors (Lipinski definition) is 4. The summed E-state index contributed by atoms with van der Waals surface area (Å²) < 4.78 is 0. The number of rotatable bonds is 5. The number of nitrogens with one attached hydrogen (secondary N) is 1. The molecule has 5 N–H and O–H groups in total. The summed E-state index contributed by atoms with van der Waals surface area (Å²) in [5.74, 6) is 0.612. The molecule has 2 atom stereocenters. The van der Waals surface area contributed by atoms with Gasteiger partial charge in [-0.05, 0) is 55.9 Å². The standard InChI is InChI=1S/C15H24N2O2/c16-8-5-14(18)15(19)13-3-1-11(2-4-13)12-6-9-17-10-7-12/h1-4,12,14-15,17-19H,5-10,16H2. The Morgan fingerprint density at radius 1 is 1.16 bits per heavy atom. The van der Waals surface area contributed by atoms with Crippen LogP contribution in [0.5, 0.6) is 0 Å². The molecule has 1 aromatic rings. The summed E-state index contributed by atoms with van der Waals surface area (Å²) in [6.45, 7) is 2.53. The third-order valence-electron chi connectivity index (χ3n) is 3.92. The highest BCUT2D eigenvalue weighted by atomic mass is 16.3. The van der Waals surface area contributed by atoms with E-state index in [0.717, 1.165) is 31.5 Å². The van der Waals surface area contributed by atoms with Crippen molar-refractivity contribution < 1.29 is 10.2 Å². The molecule has 106 valence electrons. The van der Waals surface area contributed by atoms with E-state index in [1.807, 2.05) is 12.1 Å². The van der Waals surface area contributed by atoms with Crippen LogP contribution in [-0.2, 0) is 0 Å². The number of nitrogens with two attached hydrogens (primary N) is 1. The van der Waals surface area contributed by atoms with Crippen molar-refractivity contribution in [2.24, 2.45) is 5.73 Å². The summed E-state index contributed by atoms with van der Waals surface area (Å²) in [6, 6.07) is 7.98. The van der Waals surface area contributed by atoms with Gasteiger partial charge in [0, 0.05) is 0 Å². The fraction of sp³-hybridized carbons (Fsp3) is 0.600. The van der Waals surface area contributed by atoms with Gasteiger partial charge in [-0.15, -0.1) is 0 Å². The highest BCUT2D eigenvalue weighted by molar-refractivity contribution is 5.27. The SMILES string of the molecule is NCCC(O)C(O)c1ccc(C2CCNCC2)cc1. The molecule has 0 aromatic heterocycles. The monoisotopic (exact) mass is 264 g/mol. The van der Waals surface area contributed by atoms with Crippen LogP contribution in [0.15, 0.2) is 24.3 Å². The summed E-state index contributed by atoms with van der Waals surface area (Å²) in [7, 11) is 0. The van der Waals surface area contributed by atoms with Gasteiger partial charge in [-0.25, -0.2) is 0 Å². The highest BCUT2D eigenvalue weighted by Crippen LogP contribution is 2.27. The van der Waals surface area contributed by atoms with Gasteiger partial charge in [0.15, 0.2) is 0 Å². The number of aliphatic hydroxyl groups excluding tert-OH is 2. The Bertz CT molecular complexity index is 374. The quantitative estimate of drug-likeness (QED) is 0.637. The average Bonchev–Trinajstić information content (AvgIpc) is 2.48. The van der Waals surface area contributed by atoms with Crippen LogP contribution >= 0.6 is 0 Å². The first-order valence-corrected chi connectivity index (χ1v) is 7.09. The fourth-order valence-electron chi connectivity index (χ4n) is 2.67. The topological polar surface area (TPSA) is 78.5 Å². The molecule has 4 heteroatoms. The normalized spacial score (nSPS) is 20.2. The summed E-state index contributed by atoms with van der Waals surface area (Å²) in [5, 5.41) is 23.1. The Kier molecular flexibility index (Phi) is 5.34. The zero-order valence-electron chi connectivity index (χ0n) is 11.3. The third-order valence-corrected chi connectivity index (χ3v) is 3.92. The molecule has 2 unspecified atom stereocenters. The van der Waals surface area contributed by atoms with E-state index in [1.165, 1.54) is 5.56 Å². The molecule has 0 spiro atoms. The largest absolute Gasteiger partial charge is 0.390 e. The van der Waals surface area contributed by atoms with Gasteiger partial charge in [0.05, 0.1) is 6.10 Å².